The molecule has 0 aliphatic carbocycles. The minimum Gasteiger partial charge on any atom is -0.487 e. The molecule has 10 heteroatoms. The van der Waals surface area contributed by atoms with Crippen LogP contribution in [-0.2, 0) is 16.0 Å². The summed E-state index contributed by atoms with van der Waals surface area (Å²) in [5, 5.41) is 2.95. The van der Waals surface area contributed by atoms with Crippen molar-refractivity contribution in [3.8, 4) is 5.75 Å². The second-order valence-corrected chi connectivity index (χ2v) is 8.31. The molecule has 5 N–H and O–H groups in total. The molecular weight excluding hydrogens is 412 g/mol. The highest BCUT2D eigenvalue weighted by molar-refractivity contribution is 6.24. The van der Waals surface area contributed by atoms with Crippen LogP contribution in [-0.4, -0.2) is 53.7 Å². The number of carbonyl (C=O) groups excluding carboxylic acids is 2. The van der Waals surface area contributed by atoms with Gasteiger partial charge in [-0.25, -0.2) is 9.97 Å². The molecule has 0 radical (unpaired) electrons. The van der Waals surface area contributed by atoms with Gasteiger partial charge in [-0.3, -0.25) is 9.59 Å². The fourth-order valence-electron chi connectivity index (χ4n) is 3.84. The number of hydrogen-bond acceptors (Lipinski definition) is 8. The number of ether oxygens (including phenoxy) is 2. The molecule has 1 saturated heterocycles. The summed E-state index contributed by atoms with van der Waals surface area (Å²) >= 11 is 0. The molecule has 1 aromatic carbocycles. The van der Waals surface area contributed by atoms with E-state index in [1.807, 2.05) is 26.0 Å². The van der Waals surface area contributed by atoms with Crippen molar-refractivity contribution >= 4 is 28.8 Å². The van der Waals surface area contributed by atoms with Crippen molar-refractivity contribution in [1.82, 2.24) is 9.97 Å². The Morgan fingerprint density at radius 1 is 1.19 bits per heavy atom. The van der Waals surface area contributed by atoms with Gasteiger partial charge in [0.15, 0.2) is 5.82 Å². The molecule has 2 amide bonds. The molecule has 10 nitrogen and oxygen atoms in total. The summed E-state index contributed by atoms with van der Waals surface area (Å²) < 4.78 is 11.6. The van der Waals surface area contributed by atoms with Crippen LogP contribution in [0.1, 0.15) is 35.6 Å². The standard InChI is InChI=1S/C22H26N6O4/c1-22(2)9-13-7-16(17(8-18(13)32-22)28-3-5-31-6-4-28)27-21(30)15(10-23)20-25-11-14(12-26-20)19(24)29/h7-8,10-12H,3-6,9,23H2,1-2H3,(H2,24,29)(H,27,30). The van der Waals surface area contributed by atoms with Crippen LogP contribution >= 0.6 is 0 Å². The van der Waals surface area contributed by atoms with Crippen molar-refractivity contribution in [3.05, 3.63) is 47.7 Å². The Balaban J connectivity index is 1.64. The number of nitrogens with two attached hydrogens (primary N) is 2. The molecule has 4 rings (SSSR count). The number of amides is 2. The summed E-state index contributed by atoms with van der Waals surface area (Å²) in [4.78, 5) is 34.6. The van der Waals surface area contributed by atoms with Gasteiger partial charge >= 0.3 is 0 Å². The predicted molar refractivity (Wildman–Crippen MR) is 119 cm³/mol. The maximum atomic E-state index is 13.1. The molecule has 2 aliphatic rings. The Hall–Kier alpha value is -3.66. The normalized spacial score (nSPS) is 17.4. The van der Waals surface area contributed by atoms with E-state index in [9.17, 15) is 9.59 Å². The molecule has 0 saturated carbocycles. The van der Waals surface area contributed by atoms with Crippen molar-refractivity contribution in [2.45, 2.75) is 25.9 Å². The van der Waals surface area contributed by atoms with Crippen molar-refractivity contribution in [1.29, 1.82) is 0 Å². The van der Waals surface area contributed by atoms with Crippen molar-refractivity contribution in [3.63, 3.8) is 0 Å². The highest BCUT2D eigenvalue weighted by Gasteiger charge is 2.32. The number of hydrogen-bond donors (Lipinski definition) is 3. The van der Waals surface area contributed by atoms with Crippen LogP contribution in [0, 0.1) is 0 Å². The first-order chi connectivity index (χ1) is 15.3. The highest BCUT2D eigenvalue weighted by Crippen LogP contribution is 2.42. The Morgan fingerprint density at radius 3 is 2.50 bits per heavy atom. The van der Waals surface area contributed by atoms with E-state index in [2.05, 4.69) is 20.2 Å². The molecule has 1 aromatic heterocycles. The lowest BCUT2D eigenvalue weighted by Gasteiger charge is -2.31. The average Bonchev–Trinajstić information content (AvgIpc) is 3.07. The number of aromatic nitrogens is 2. The van der Waals surface area contributed by atoms with Crippen molar-refractivity contribution in [2.75, 3.05) is 36.5 Å². The van der Waals surface area contributed by atoms with Gasteiger partial charge in [0.1, 0.15) is 11.4 Å². The van der Waals surface area contributed by atoms with Gasteiger partial charge < -0.3 is 31.2 Å². The number of carbonyl (C=O) groups is 2. The lowest BCUT2D eigenvalue weighted by molar-refractivity contribution is -0.111. The molecule has 2 aliphatic heterocycles. The summed E-state index contributed by atoms with van der Waals surface area (Å²) in [5.74, 6) is -0.215. The highest BCUT2D eigenvalue weighted by atomic mass is 16.5. The van der Waals surface area contributed by atoms with E-state index < -0.39 is 11.8 Å². The smallest absolute Gasteiger partial charge is 0.261 e. The van der Waals surface area contributed by atoms with Gasteiger partial charge in [-0.15, -0.1) is 0 Å². The number of nitrogens with one attached hydrogen (secondary N) is 1. The molecule has 3 heterocycles. The monoisotopic (exact) mass is 438 g/mol. The zero-order chi connectivity index (χ0) is 22.9. The predicted octanol–water partition coefficient (Wildman–Crippen LogP) is 1.06. The van der Waals surface area contributed by atoms with Crippen molar-refractivity contribution in [2.24, 2.45) is 11.5 Å². The molecule has 0 spiro atoms. The SMILES string of the molecule is CC1(C)Cc2cc(NC(=O)C(=CN)c3ncc(C(N)=O)cn3)c(N3CCOCC3)cc2O1. The minimum absolute atomic E-state index is 0.0750. The third kappa shape index (κ3) is 4.35. The lowest BCUT2D eigenvalue weighted by atomic mass is 10.0. The van der Waals surface area contributed by atoms with E-state index in [-0.39, 0.29) is 22.6 Å². The topological polar surface area (TPSA) is 146 Å². The van der Waals surface area contributed by atoms with E-state index in [0.717, 1.165) is 29.6 Å². The van der Waals surface area contributed by atoms with E-state index in [1.165, 1.54) is 12.4 Å². The third-order valence-corrected chi connectivity index (χ3v) is 5.37. The molecule has 1 fully saturated rings. The van der Waals surface area contributed by atoms with Gasteiger partial charge in [0, 0.05) is 49.7 Å². The summed E-state index contributed by atoms with van der Waals surface area (Å²) in [6.45, 7) is 6.66. The van der Waals surface area contributed by atoms with E-state index in [0.29, 0.717) is 32.0 Å². The Kier molecular flexibility index (Phi) is 5.70. The number of primary amides is 1. The first kappa shape index (κ1) is 21.6. The fraction of sp³-hybridized carbons (Fsp3) is 0.364. The van der Waals surface area contributed by atoms with Crippen LogP contribution in [0.5, 0.6) is 5.75 Å². The van der Waals surface area contributed by atoms with E-state index in [1.54, 1.807) is 0 Å². The minimum atomic E-state index is -0.655. The van der Waals surface area contributed by atoms with Crippen LogP contribution in [0.3, 0.4) is 0 Å². The van der Waals surface area contributed by atoms with Gasteiger partial charge in [0.25, 0.3) is 11.8 Å². The zero-order valence-corrected chi connectivity index (χ0v) is 18.1. The number of benzene rings is 1. The number of nitrogens with zero attached hydrogens (tertiary/aromatic N) is 3. The van der Waals surface area contributed by atoms with Crippen LogP contribution in [0.2, 0.25) is 0 Å². The Morgan fingerprint density at radius 2 is 1.88 bits per heavy atom. The van der Waals surface area contributed by atoms with Crippen LogP contribution in [0.15, 0.2) is 30.7 Å². The fourth-order valence-corrected chi connectivity index (χ4v) is 3.84. The molecule has 0 unspecified atom stereocenters. The number of morpholine rings is 1. The van der Waals surface area contributed by atoms with Gasteiger partial charge in [-0.05, 0) is 19.9 Å². The lowest BCUT2D eigenvalue weighted by Crippen LogP contribution is -2.36. The Labute approximate surface area is 185 Å². The molecular formula is C22H26N6O4. The van der Waals surface area contributed by atoms with E-state index >= 15 is 0 Å². The maximum absolute atomic E-state index is 13.1. The Bertz CT molecular complexity index is 1070. The largest absolute Gasteiger partial charge is 0.487 e. The van der Waals surface area contributed by atoms with Gasteiger partial charge in [-0.1, -0.05) is 0 Å². The first-order valence-electron chi connectivity index (χ1n) is 10.3. The summed E-state index contributed by atoms with van der Waals surface area (Å²) in [6.07, 6.45) is 4.39. The first-order valence-corrected chi connectivity index (χ1v) is 10.3. The maximum Gasteiger partial charge on any atom is 0.261 e. The summed E-state index contributed by atoms with van der Waals surface area (Å²) in [6, 6.07) is 3.91. The molecule has 2 aromatic rings. The second-order valence-electron chi connectivity index (χ2n) is 8.31. The molecule has 0 bridgehead atoms. The van der Waals surface area contributed by atoms with E-state index in [4.69, 9.17) is 20.9 Å². The molecule has 168 valence electrons. The van der Waals surface area contributed by atoms with Gasteiger partial charge in [0.2, 0.25) is 0 Å². The summed E-state index contributed by atoms with van der Waals surface area (Å²) in [7, 11) is 0. The van der Waals surface area contributed by atoms with Gasteiger partial charge in [-0.2, -0.15) is 0 Å². The molecule has 32 heavy (non-hydrogen) atoms. The summed E-state index contributed by atoms with van der Waals surface area (Å²) in [5.41, 5.74) is 13.4. The van der Waals surface area contributed by atoms with Crippen LogP contribution in [0.4, 0.5) is 11.4 Å². The van der Waals surface area contributed by atoms with Crippen molar-refractivity contribution < 1.29 is 19.1 Å². The average molecular weight is 438 g/mol. The third-order valence-electron chi connectivity index (χ3n) is 5.37. The zero-order valence-electron chi connectivity index (χ0n) is 18.1. The quantitative estimate of drug-likeness (QED) is 0.588. The van der Waals surface area contributed by atoms with Crippen LogP contribution < -0.4 is 26.4 Å². The van der Waals surface area contributed by atoms with Crippen LogP contribution in [0.25, 0.3) is 5.57 Å². The molecule has 0 atom stereocenters. The number of anilines is 2. The van der Waals surface area contributed by atoms with Gasteiger partial charge in [0.05, 0.1) is 35.7 Å². The number of fused-ring (bicyclic) bond motifs is 1. The second kappa shape index (κ2) is 8.46. The number of rotatable bonds is 5.